The largest absolute Gasteiger partial charge is 0.451 e. The van der Waals surface area contributed by atoms with Crippen LogP contribution in [-0.4, -0.2) is 15.2 Å². The van der Waals surface area contributed by atoms with E-state index in [1.807, 2.05) is 6.92 Å². The van der Waals surface area contributed by atoms with E-state index in [9.17, 15) is 13.2 Å². The number of alkyl halides is 3. The maximum Gasteiger partial charge on any atom is 0.451 e. The van der Waals surface area contributed by atoms with Gasteiger partial charge in [-0.2, -0.15) is 13.2 Å². The van der Waals surface area contributed by atoms with Crippen LogP contribution in [0.15, 0.2) is 18.2 Å². The Bertz CT molecular complexity index is 485. The number of aromatic nitrogens is 3. The van der Waals surface area contributed by atoms with Crippen LogP contribution in [0.5, 0.6) is 0 Å². The van der Waals surface area contributed by atoms with Gasteiger partial charge >= 0.3 is 6.18 Å². The smallest absolute Gasteiger partial charge is 0.317 e. The summed E-state index contributed by atoms with van der Waals surface area (Å²) in [5.74, 6) is -1.04. The van der Waals surface area contributed by atoms with E-state index >= 15 is 0 Å². The first-order chi connectivity index (χ1) is 7.47. The summed E-state index contributed by atoms with van der Waals surface area (Å²) < 4.78 is 36.7. The van der Waals surface area contributed by atoms with E-state index < -0.39 is 12.0 Å². The summed E-state index contributed by atoms with van der Waals surface area (Å²) in [6, 6.07) is 7.89. The lowest BCUT2D eigenvalue weighted by Gasteiger charge is -1.99. The molecule has 2 rings (SSSR count). The Morgan fingerprint density at radius 1 is 1.25 bits per heavy atom. The van der Waals surface area contributed by atoms with Gasteiger partial charge in [0.05, 0.1) is 0 Å². The third-order valence-electron chi connectivity index (χ3n) is 1.98. The van der Waals surface area contributed by atoms with Crippen molar-refractivity contribution in [1.82, 2.24) is 15.2 Å². The molecule has 16 heavy (non-hydrogen) atoms. The lowest BCUT2D eigenvalue weighted by Crippen LogP contribution is -2.07. The average molecular weight is 226 g/mol. The summed E-state index contributed by atoms with van der Waals surface area (Å²) in [4.78, 5) is 2.11. The molecular formula is C10H7F3N3. The Morgan fingerprint density at radius 2 is 2.00 bits per heavy atom. The van der Waals surface area contributed by atoms with Crippen LogP contribution in [0.4, 0.5) is 13.2 Å². The van der Waals surface area contributed by atoms with Crippen molar-refractivity contribution in [1.29, 1.82) is 0 Å². The number of nitrogens with zero attached hydrogens (tertiary/aromatic N) is 2. The van der Waals surface area contributed by atoms with Crippen LogP contribution in [0.3, 0.4) is 0 Å². The Labute approximate surface area is 89.3 Å². The van der Waals surface area contributed by atoms with Crippen LogP contribution in [-0.2, 0) is 6.18 Å². The fourth-order valence-corrected chi connectivity index (χ4v) is 1.16. The van der Waals surface area contributed by atoms with Crippen molar-refractivity contribution in [3.63, 3.8) is 0 Å². The number of H-pyrrole nitrogens is 1. The second-order valence-corrected chi connectivity index (χ2v) is 3.30. The van der Waals surface area contributed by atoms with Gasteiger partial charge in [-0.25, -0.2) is 0 Å². The maximum atomic E-state index is 12.2. The number of nitrogens with one attached hydrogen (secondary N) is 1. The summed E-state index contributed by atoms with van der Waals surface area (Å²) in [6.45, 7) is 1.86. The zero-order valence-corrected chi connectivity index (χ0v) is 8.26. The van der Waals surface area contributed by atoms with Crippen molar-refractivity contribution in [2.45, 2.75) is 13.1 Å². The molecule has 0 aliphatic heterocycles. The molecule has 0 spiro atoms. The fraction of sp³-hybridized carbons (Fsp3) is 0.200. The van der Waals surface area contributed by atoms with Gasteiger partial charge in [-0.05, 0) is 13.0 Å². The van der Waals surface area contributed by atoms with Crippen molar-refractivity contribution >= 4 is 0 Å². The van der Waals surface area contributed by atoms with Gasteiger partial charge in [0.25, 0.3) is 0 Å². The third-order valence-corrected chi connectivity index (χ3v) is 1.98. The van der Waals surface area contributed by atoms with E-state index in [4.69, 9.17) is 0 Å². The van der Waals surface area contributed by atoms with Crippen LogP contribution in [0.1, 0.15) is 11.4 Å². The molecule has 3 nitrogen and oxygen atoms in total. The number of rotatable bonds is 1. The molecule has 1 radical (unpaired) electrons. The van der Waals surface area contributed by atoms with Gasteiger partial charge in [0.15, 0.2) is 5.82 Å². The molecule has 2 aromatic rings. The number of hydrogen-bond donors (Lipinski definition) is 1. The van der Waals surface area contributed by atoms with E-state index in [1.165, 1.54) is 0 Å². The van der Waals surface area contributed by atoms with Crippen LogP contribution in [0.2, 0.25) is 0 Å². The number of aromatic amines is 1. The predicted octanol–water partition coefficient (Wildman–Crippen LogP) is 2.60. The van der Waals surface area contributed by atoms with E-state index in [0.29, 0.717) is 5.56 Å². The normalized spacial score (nSPS) is 11.8. The minimum Gasteiger partial charge on any atom is -0.317 e. The van der Waals surface area contributed by atoms with Crippen LogP contribution in [0, 0.1) is 13.0 Å². The van der Waals surface area contributed by atoms with Gasteiger partial charge in [-0.15, -0.1) is 10.2 Å². The van der Waals surface area contributed by atoms with Crippen LogP contribution in [0.25, 0.3) is 11.4 Å². The molecule has 1 aromatic carbocycles. The molecule has 83 valence electrons. The average Bonchev–Trinajstić information content (AvgIpc) is 2.67. The molecular weight excluding hydrogens is 219 g/mol. The van der Waals surface area contributed by atoms with Crippen LogP contribution >= 0.6 is 0 Å². The zero-order valence-electron chi connectivity index (χ0n) is 8.26. The SMILES string of the molecule is Cc1c[c]c(-c2nnc(C(F)(F)F)[nH]2)cc1. The molecule has 0 aliphatic rings. The predicted molar refractivity (Wildman–Crippen MR) is 50.4 cm³/mol. The summed E-state index contributed by atoms with van der Waals surface area (Å²) in [5.41, 5.74) is 1.42. The lowest BCUT2D eigenvalue weighted by molar-refractivity contribution is -0.144. The van der Waals surface area contributed by atoms with Crippen molar-refractivity contribution in [2.75, 3.05) is 0 Å². The maximum absolute atomic E-state index is 12.2. The minimum absolute atomic E-state index is 0.0623. The molecule has 0 unspecified atom stereocenters. The Hall–Kier alpha value is -1.85. The highest BCUT2D eigenvalue weighted by Crippen LogP contribution is 2.27. The van der Waals surface area contributed by atoms with E-state index in [1.54, 1.807) is 18.2 Å². The van der Waals surface area contributed by atoms with Gasteiger partial charge < -0.3 is 4.98 Å². The summed E-state index contributed by atoms with van der Waals surface area (Å²) >= 11 is 0. The van der Waals surface area contributed by atoms with Crippen molar-refractivity contribution in [2.24, 2.45) is 0 Å². The molecule has 0 fully saturated rings. The van der Waals surface area contributed by atoms with Gasteiger partial charge in [-0.1, -0.05) is 23.8 Å². The second-order valence-electron chi connectivity index (χ2n) is 3.30. The molecule has 6 heteroatoms. The monoisotopic (exact) mass is 226 g/mol. The summed E-state index contributed by atoms with van der Waals surface area (Å²) in [5, 5.41) is 6.46. The minimum atomic E-state index is -4.50. The number of benzene rings is 1. The summed E-state index contributed by atoms with van der Waals surface area (Å²) in [6.07, 6.45) is -4.50. The topological polar surface area (TPSA) is 41.6 Å². The molecule has 1 aromatic heterocycles. The fourth-order valence-electron chi connectivity index (χ4n) is 1.16. The first-order valence-electron chi connectivity index (χ1n) is 4.45. The van der Waals surface area contributed by atoms with Crippen molar-refractivity contribution < 1.29 is 13.2 Å². The first-order valence-corrected chi connectivity index (χ1v) is 4.45. The molecule has 0 saturated heterocycles. The summed E-state index contributed by atoms with van der Waals surface area (Å²) in [7, 11) is 0. The molecule has 1 heterocycles. The number of hydrogen-bond acceptors (Lipinski definition) is 2. The number of aryl methyl sites for hydroxylation is 1. The van der Waals surface area contributed by atoms with Crippen molar-refractivity contribution in [3.8, 4) is 11.4 Å². The standard InChI is InChI=1S/C10H7F3N3/c1-6-2-4-7(5-3-6)8-14-9(16-15-8)10(11,12)13/h2-4H,1H3,(H,14,15,16). The Kier molecular flexibility index (Phi) is 2.41. The first kappa shape index (κ1) is 10.7. The quantitative estimate of drug-likeness (QED) is 0.812. The molecule has 1 N–H and O–H groups in total. The second kappa shape index (κ2) is 3.62. The van der Waals surface area contributed by atoms with Gasteiger partial charge in [0.2, 0.25) is 5.82 Å². The molecule has 0 bridgehead atoms. The third kappa shape index (κ3) is 2.05. The highest BCUT2D eigenvalue weighted by Gasteiger charge is 2.35. The Balaban J connectivity index is 2.35. The van der Waals surface area contributed by atoms with E-state index in [2.05, 4.69) is 21.2 Å². The number of halogens is 3. The Morgan fingerprint density at radius 3 is 2.50 bits per heavy atom. The van der Waals surface area contributed by atoms with Crippen molar-refractivity contribution in [3.05, 3.63) is 35.7 Å². The molecule has 0 saturated carbocycles. The van der Waals surface area contributed by atoms with Gasteiger partial charge in [0.1, 0.15) is 0 Å². The highest BCUT2D eigenvalue weighted by atomic mass is 19.4. The van der Waals surface area contributed by atoms with Gasteiger partial charge in [-0.3, -0.25) is 0 Å². The van der Waals surface area contributed by atoms with E-state index in [0.717, 1.165) is 5.56 Å². The highest BCUT2D eigenvalue weighted by molar-refractivity contribution is 5.53. The van der Waals surface area contributed by atoms with Crippen LogP contribution < -0.4 is 0 Å². The molecule has 0 aliphatic carbocycles. The lowest BCUT2D eigenvalue weighted by atomic mass is 10.1. The molecule has 0 amide bonds. The molecule has 0 atom stereocenters. The zero-order chi connectivity index (χ0) is 11.8. The van der Waals surface area contributed by atoms with E-state index in [-0.39, 0.29) is 5.82 Å². The van der Waals surface area contributed by atoms with Gasteiger partial charge in [0, 0.05) is 5.56 Å².